The molecule has 0 saturated carbocycles. The Labute approximate surface area is 131 Å². The lowest BCUT2D eigenvalue weighted by atomic mass is 10.1. The monoisotopic (exact) mass is 315 g/mol. The van der Waals surface area contributed by atoms with Gasteiger partial charge in [-0.1, -0.05) is 6.07 Å². The van der Waals surface area contributed by atoms with Crippen LogP contribution in [0.4, 0.5) is 5.69 Å². The van der Waals surface area contributed by atoms with Gasteiger partial charge in [-0.2, -0.15) is 0 Å². The average Bonchev–Trinajstić information content (AvgIpc) is 2.54. The van der Waals surface area contributed by atoms with Crippen molar-refractivity contribution < 1.29 is 29.3 Å². The zero-order chi connectivity index (χ0) is 17.0. The summed E-state index contributed by atoms with van der Waals surface area (Å²) in [4.78, 5) is 34.3. The van der Waals surface area contributed by atoms with E-state index in [9.17, 15) is 14.4 Å². The first-order chi connectivity index (χ1) is 10.9. The molecule has 0 heterocycles. The van der Waals surface area contributed by atoms with Crippen LogP contribution in [0.5, 0.6) is 5.75 Å². The smallest absolute Gasteiger partial charge is 0.335 e. The molecule has 1 amide bonds. The van der Waals surface area contributed by atoms with Crippen LogP contribution in [0.25, 0.3) is 0 Å². The molecule has 2 aromatic rings. The molecule has 0 aliphatic rings. The lowest BCUT2D eigenvalue weighted by Crippen LogP contribution is -2.13. The van der Waals surface area contributed by atoms with Gasteiger partial charge >= 0.3 is 11.9 Å². The number of carbonyl (C=O) groups is 3. The van der Waals surface area contributed by atoms with Crippen molar-refractivity contribution in [3.8, 4) is 5.75 Å². The third-order valence-corrected chi connectivity index (χ3v) is 3.02. The van der Waals surface area contributed by atoms with E-state index < -0.39 is 17.8 Å². The summed E-state index contributed by atoms with van der Waals surface area (Å²) in [6, 6.07) is 9.76. The quantitative estimate of drug-likeness (QED) is 0.780. The Morgan fingerprint density at radius 2 is 1.52 bits per heavy atom. The molecule has 2 rings (SSSR count). The van der Waals surface area contributed by atoms with Gasteiger partial charge in [-0.3, -0.25) is 4.79 Å². The number of carboxylic acid groups (broad SMARTS) is 2. The molecule has 23 heavy (non-hydrogen) atoms. The number of aromatic carboxylic acids is 2. The van der Waals surface area contributed by atoms with Gasteiger partial charge in [-0.15, -0.1) is 0 Å². The number of hydrogen-bond acceptors (Lipinski definition) is 4. The standard InChI is InChI=1S/C16H13NO6/c1-23-13-4-2-3-9(8-13)14(18)17-12-6-10(15(19)20)5-11(7-12)16(21)22/h2-8H,1H3,(H,17,18)(H,19,20)(H,21,22). The normalized spacial score (nSPS) is 9.96. The molecule has 0 aliphatic heterocycles. The van der Waals surface area contributed by atoms with Gasteiger partial charge in [0.1, 0.15) is 5.75 Å². The molecule has 0 bridgehead atoms. The number of benzene rings is 2. The number of anilines is 1. The molecule has 0 fully saturated rings. The highest BCUT2D eigenvalue weighted by molar-refractivity contribution is 6.06. The summed E-state index contributed by atoms with van der Waals surface area (Å²) in [5.74, 6) is -2.60. The Morgan fingerprint density at radius 1 is 0.913 bits per heavy atom. The minimum atomic E-state index is -1.29. The van der Waals surface area contributed by atoms with Gasteiger partial charge in [0.25, 0.3) is 5.91 Å². The Kier molecular flexibility index (Phi) is 4.61. The van der Waals surface area contributed by atoms with Gasteiger partial charge in [0, 0.05) is 11.3 Å². The molecule has 3 N–H and O–H groups in total. The average molecular weight is 315 g/mol. The summed E-state index contributed by atoms with van der Waals surface area (Å²) in [6.45, 7) is 0. The highest BCUT2D eigenvalue weighted by Crippen LogP contribution is 2.18. The summed E-state index contributed by atoms with van der Waals surface area (Å²) in [7, 11) is 1.46. The summed E-state index contributed by atoms with van der Waals surface area (Å²) in [6.07, 6.45) is 0. The van der Waals surface area contributed by atoms with Gasteiger partial charge in [0.05, 0.1) is 18.2 Å². The number of rotatable bonds is 5. The van der Waals surface area contributed by atoms with E-state index in [0.717, 1.165) is 6.07 Å². The molecule has 7 nitrogen and oxygen atoms in total. The van der Waals surface area contributed by atoms with Crippen molar-refractivity contribution in [2.24, 2.45) is 0 Å². The summed E-state index contributed by atoms with van der Waals surface area (Å²) >= 11 is 0. The molecule has 0 unspecified atom stereocenters. The van der Waals surface area contributed by atoms with Crippen LogP contribution < -0.4 is 10.1 Å². The molecular weight excluding hydrogens is 302 g/mol. The Morgan fingerprint density at radius 3 is 2.04 bits per heavy atom. The van der Waals surface area contributed by atoms with Gasteiger partial charge in [0.15, 0.2) is 0 Å². The van der Waals surface area contributed by atoms with E-state index in [1.165, 1.54) is 25.3 Å². The molecule has 2 aromatic carbocycles. The highest BCUT2D eigenvalue weighted by Gasteiger charge is 2.14. The van der Waals surface area contributed by atoms with Crippen LogP contribution in [-0.2, 0) is 0 Å². The summed E-state index contributed by atoms with van der Waals surface area (Å²) in [5.41, 5.74) is -0.0891. The zero-order valence-electron chi connectivity index (χ0n) is 12.1. The molecule has 118 valence electrons. The number of nitrogens with one attached hydrogen (secondary N) is 1. The first-order valence-corrected chi connectivity index (χ1v) is 6.48. The minimum absolute atomic E-state index is 0.0788. The largest absolute Gasteiger partial charge is 0.497 e. The van der Waals surface area contributed by atoms with Crippen molar-refractivity contribution in [3.63, 3.8) is 0 Å². The second kappa shape index (κ2) is 6.61. The molecule has 0 aromatic heterocycles. The fraction of sp³-hybridized carbons (Fsp3) is 0.0625. The maximum Gasteiger partial charge on any atom is 0.335 e. The van der Waals surface area contributed by atoms with Gasteiger partial charge in [0.2, 0.25) is 0 Å². The van der Waals surface area contributed by atoms with Crippen molar-refractivity contribution in [2.75, 3.05) is 12.4 Å². The Bertz CT molecular complexity index is 752. The molecule has 0 aliphatic carbocycles. The maximum absolute atomic E-state index is 12.2. The molecule has 0 saturated heterocycles. The second-order valence-electron chi connectivity index (χ2n) is 4.60. The number of carbonyl (C=O) groups excluding carboxylic acids is 1. The van der Waals surface area contributed by atoms with E-state index >= 15 is 0 Å². The molecular formula is C16H13NO6. The van der Waals surface area contributed by atoms with Crippen molar-refractivity contribution >= 4 is 23.5 Å². The van der Waals surface area contributed by atoms with Crippen LogP contribution in [0.15, 0.2) is 42.5 Å². The van der Waals surface area contributed by atoms with Crippen LogP contribution in [-0.4, -0.2) is 35.2 Å². The van der Waals surface area contributed by atoms with E-state index in [1.807, 2.05) is 0 Å². The number of methoxy groups -OCH3 is 1. The summed E-state index contributed by atoms with van der Waals surface area (Å²) < 4.78 is 5.02. The van der Waals surface area contributed by atoms with Crippen molar-refractivity contribution in [2.45, 2.75) is 0 Å². The van der Waals surface area contributed by atoms with Crippen LogP contribution >= 0.6 is 0 Å². The van der Waals surface area contributed by atoms with E-state index in [-0.39, 0.29) is 16.8 Å². The third kappa shape index (κ3) is 3.85. The predicted octanol–water partition coefficient (Wildman–Crippen LogP) is 2.34. The number of hydrogen-bond donors (Lipinski definition) is 3. The third-order valence-electron chi connectivity index (χ3n) is 3.02. The lowest BCUT2D eigenvalue weighted by molar-refractivity contribution is 0.0696. The van der Waals surface area contributed by atoms with Gasteiger partial charge in [-0.05, 0) is 36.4 Å². The zero-order valence-corrected chi connectivity index (χ0v) is 12.1. The van der Waals surface area contributed by atoms with E-state index in [0.29, 0.717) is 11.3 Å². The van der Waals surface area contributed by atoms with Gasteiger partial charge < -0.3 is 20.3 Å². The Balaban J connectivity index is 2.32. The van der Waals surface area contributed by atoms with E-state index in [1.54, 1.807) is 18.2 Å². The van der Waals surface area contributed by atoms with Crippen LogP contribution in [0.1, 0.15) is 31.1 Å². The van der Waals surface area contributed by atoms with Crippen molar-refractivity contribution in [1.82, 2.24) is 0 Å². The highest BCUT2D eigenvalue weighted by atomic mass is 16.5. The van der Waals surface area contributed by atoms with Crippen molar-refractivity contribution in [1.29, 1.82) is 0 Å². The first-order valence-electron chi connectivity index (χ1n) is 6.48. The van der Waals surface area contributed by atoms with Crippen LogP contribution in [0.3, 0.4) is 0 Å². The maximum atomic E-state index is 12.2. The molecule has 0 spiro atoms. The summed E-state index contributed by atoms with van der Waals surface area (Å²) in [5, 5.41) is 20.5. The fourth-order valence-corrected chi connectivity index (χ4v) is 1.91. The van der Waals surface area contributed by atoms with Crippen molar-refractivity contribution in [3.05, 3.63) is 59.2 Å². The topological polar surface area (TPSA) is 113 Å². The Hall–Kier alpha value is -3.35. The number of ether oxygens (including phenoxy) is 1. The van der Waals surface area contributed by atoms with Crippen LogP contribution in [0, 0.1) is 0 Å². The second-order valence-corrected chi connectivity index (χ2v) is 4.60. The lowest BCUT2D eigenvalue weighted by Gasteiger charge is -2.09. The molecule has 7 heteroatoms. The van der Waals surface area contributed by atoms with Gasteiger partial charge in [-0.25, -0.2) is 9.59 Å². The van der Waals surface area contributed by atoms with Crippen LogP contribution in [0.2, 0.25) is 0 Å². The first kappa shape index (κ1) is 16.0. The number of carboxylic acids is 2. The minimum Gasteiger partial charge on any atom is -0.497 e. The van der Waals surface area contributed by atoms with E-state index in [2.05, 4.69) is 5.32 Å². The predicted molar refractivity (Wildman–Crippen MR) is 81.3 cm³/mol. The molecule has 0 radical (unpaired) electrons. The SMILES string of the molecule is COc1cccc(C(=O)Nc2cc(C(=O)O)cc(C(=O)O)c2)c1. The molecule has 0 atom stereocenters. The fourth-order valence-electron chi connectivity index (χ4n) is 1.91. The number of amides is 1. The van der Waals surface area contributed by atoms with E-state index in [4.69, 9.17) is 14.9 Å².